The van der Waals surface area contributed by atoms with Gasteiger partial charge in [-0.2, -0.15) is 0 Å². The van der Waals surface area contributed by atoms with Crippen LogP contribution in [0.5, 0.6) is 0 Å². The van der Waals surface area contributed by atoms with Gasteiger partial charge in [0.05, 0.1) is 29.7 Å². The first kappa shape index (κ1) is 27.0. The molecule has 38 heavy (non-hydrogen) atoms. The molecule has 0 saturated heterocycles. The van der Waals surface area contributed by atoms with Crippen molar-refractivity contribution in [2.45, 2.75) is 19.8 Å². The first-order valence-corrected chi connectivity index (χ1v) is 13.7. The maximum atomic E-state index is 13.6. The van der Waals surface area contributed by atoms with Gasteiger partial charge in [0.2, 0.25) is 10.0 Å². The summed E-state index contributed by atoms with van der Waals surface area (Å²) in [6, 6.07) is 14.4. The Bertz CT molecular complexity index is 1630. The van der Waals surface area contributed by atoms with Crippen LogP contribution >= 0.6 is 0 Å². The molecule has 1 N–H and O–H groups in total. The van der Waals surface area contributed by atoms with Crippen LogP contribution in [0, 0.1) is 5.82 Å². The third-order valence-corrected chi connectivity index (χ3v) is 7.28. The van der Waals surface area contributed by atoms with E-state index < -0.39 is 28.5 Å². The molecular formula is C28H25F2NO6S. The summed E-state index contributed by atoms with van der Waals surface area (Å²) in [5.41, 5.74) is 1.72. The number of benzene rings is 3. The molecule has 1 aromatic heterocycles. The van der Waals surface area contributed by atoms with Gasteiger partial charge in [0.15, 0.2) is 5.78 Å². The highest BCUT2D eigenvalue weighted by molar-refractivity contribution is 7.92. The number of Topliss-reactive ketones (excluding diaryl/α,β-unsaturated/α-hetero) is 1. The third kappa shape index (κ3) is 5.31. The Hall–Kier alpha value is -4.05. The van der Waals surface area contributed by atoms with Crippen LogP contribution in [0.3, 0.4) is 0 Å². The molecule has 10 heteroatoms. The number of halogens is 2. The molecule has 0 fully saturated rings. The molecule has 0 radical (unpaired) electrons. The lowest BCUT2D eigenvalue weighted by atomic mass is 9.95. The van der Waals surface area contributed by atoms with Crippen LogP contribution in [-0.4, -0.2) is 44.8 Å². The summed E-state index contributed by atoms with van der Waals surface area (Å²) in [4.78, 5) is 24.7. The summed E-state index contributed by atoms with van der Waals surface area (Å²) < 4.78 is 59.4. The van der Waals surface area contributed by atoms with Crippen LogP contribution in [0.4, 0.5) is 14.5 Å². The van der Waals surface area contributed by atoms with Gasteiger partial charge in [-0.15, -0.1) is 0 Å². The van der Waals surface area contributed by atoms with Crippen molar-refractivity contribution in [3.05, 3.63) is 77.6 Å². The van der Waals surface area contributed by atoms with Crippen molar-refractivity contribution in [1.29, 1.82) is 0 Å². The highest BCUT2D eigenvalue weighted by atomic mass is 32.2. The number of sulfonamides is 1. The minimum absolute atomic E-state index is 0.0211. The number of alkyl halides is 1. The molecule has 0 amide bonds. The van der Waals surface area contributed by atoms with Crippen LogP contribution in [0.15, 0.2) is 65.1 Å². The minimum Gasteiger partial charge on any atom is -0.478 e. The van der Waals surface area contributed by atoms with E-state index in [0.717, 1.165) is 10.6 Å². The van der Waals surface area contributed by atoms with E-state index in [2.05, 4.69) is 0 Å². The first-order valence-electron chi connectivity index (χ1n) is 11.8. The normalized spacial score (nSPS) is 11.6. The van der Waals surface area contributed by atoms with Gasteiger partial charge in [-0.1, -0.05) is 19.1 Å². The fourth-order valence-electron chi connectivity index (χ4n) is 4.32. The summed E-state index contributed by atoms with van der Waals surface area (Å²) in [7, 11) is -3.90. The number of carbonyl (C=O) groups is 2. The molecule has 3 aromatic carbocycles. The zero-order chi connectivity index (χ0) is 27.6. The Labute approximate surface area is 218 Å². The highest BCUT2D eigenvalue weighted by Crippen LogP contribution is 2.42. The molecular weight excluding hydrogens is 516 g/mol. The third-order valence-electron chi connectivity index (χ3n) is 6.10. The second kappa shape index (κ2) is 10.7. The van der Waals surface area contributed by atoms with Gasteiger partial charge in [-0.3, -0.25) is 13.5 Å². The van der Waals surface area contributed by atoms with Crippen LogP contribution in [0.1, 0.15) is 40.5 Å². The van der Waals surface area contributed by atoms with Crippen molar-refractivity contribution in [3.8, 4) is 22.5 Å². The number of hydrogen-bond donors (Lipinski definition) is 1. The van der Waals surface area contributed by atoms with Crippen molar-refractivity contribution in [3.63, 3.8) is 0 Å². The van der Waals surface area contributed by atoms with Crippen molar-refractivity contribution < 1.29 is 36.3 Å². The number of furan rings is 1. The Kier molecular flexibility index (Phi) is 7.63. The van der Waals surface area contributed by atoms with E-state index in [-0.39, 0.29) is 53.3 Å². The van der Waals surface area contributed by atoms with E-state index in [1.54, 1.807) is 19.1 Å². The number of hydrogen-bond acceptors (Lipinski definition) is 5. The molecule has 4 aromatic rings. The molecule has 7 nitrogen and oxygen atoms in total. The Balaban J connectivity index is 2.09. The molecule has 0 saturated carbocycles. The number of aromatic carboxylic acids is 1. The van der Waals surface area contributed by atoms with Gasteiger partial charge in [-0.05, 0) is 54.4 Å². The smallest absolute Gasteiger partial charge is 0.335 e. The minimum atomic E-state index is -3.90. The number of carbonyl (C=O) groups excluding carboxylic acids is 1. The maximum absolute atomic E-state index is 13.6. The lowest BCUT2D eigenvalue weighted by Gasteiger charge is -2.25. The zero-order valence-corrected chi connectivity index (χ0v) is 21.5. The zero-order valence-electron chi connectivity index (χ0n) is 20.7. The van der Waals surface area contributed by atoms with Gasteiger partial charge >= 0.3 is 5.97 Å². The lowest BCUT2D eigenvalue weighted by Crippen LogP contribution is -2.31. The van der Waals surface area contributed by atoms with Gasteiger partial charge in [0, 0.05) is 35.5 Å². The number of ketones is 1. The molecule has 0 atom stereocenters. The van der Waals surface area contributed by atoms with Crippen molar-refractivity contribution >= 4 is 38.4 Å². The second-order valence-electron chi connectivity index (χ2n) is 8.72. The lowest BCUT2D eigenvalue weighted by molar-refractivity contribution is 0.0696. The predicted octanol–water partition coefficient (Wildman–Crippen LogP) is 6.32. The molecule has 0 aliphatic carbocycles. The molecule has 0 spiro atoms. The number of carboxylic acids is 1. The van der Waals surface area contributed by atoms with Crippen LogP contribution in [-0.2, 0) is 10.0 Å². The summed E-state index contributed by atoms with van der Waals surface area (Å²) in [6.45, 7) is 0.769. The fraction of sp³-hybridized carbons (Fsp3) is 0.214. The van der Waals surface area contributed by atoms with Gasteiger partial charge in [0.1, 0.15) is 17.2 Å². The predicted molar refractivity (Wildman–Crippen MR) is 141 cm³/mol. The molecule has 0 unspecified atom stereocenters. The molecule has 0 bridgehead atoms. The van der Waals surface area contributed by atoms with E-state index in [1.807, 2.05) is 0 Å². The highest BCUT2D eigenvalue weighted by Gasteiger charge is 2.27. The standard InChI is InChI=1S/C28H25F2NO6S/c1-3-24(32)26-22-15-21(18-6-4-7-19(14-18)28(33)34)23(31(13-5-12-29)38(2,35)36)16-25(22)37-27(26)17-8-10-20(30)11-9-17/h4,6-11,14-16H,3,5,12-13H2,1-2H3,(H,33,34). The average molecular weight is 542 g/mol. The largest absolute Gasteiger partial charge is 0.478 e. The molecule has 4 rings (SSSR count). The van der Waals surface area contributed by atoms with Crippen molar-refractivity contribution in [1.82, 2.24) is 0 Å². The Morgan fingerprint density at radius 3 is 2.34 bits per heavy atom. The monoisotopic (exact) mass is 541 g/mol. The van der Waals surface area contributed by atoms with E-state index in [1.165, 1.54) is 48.5 Å². The topological polar surface area (TPSA) is 105 Å². The Morgan fingerprint density at radius 2 is 1.74 bits per heavy atom. The van der Waals surface area contributed by atoms with E-state index in [4.69, 9.17) is 4.42 Å². The number of fused-ring (bicyclic) bond motifs is 1. The Morgan fingerprint density at radius 1 is 1.03 bits per heavy atom. The summed E-state index contributed by atoms with van der Waals surface area (Å²) >= 11 is 0. The van der Waals surface area contributed by atoms with Crippen LogP contribution in [0.2, 0.25) is 0 Å². The van der Waals surface area contributed by atoms with Gasteiger partial charge in [0.25, 0.3) is 0 Å². The number of carboxylic acid groups (broad SMARTS) is 1. The molecule has 198 valence electrons. The SMILES string of the molecule is CCC(=O)c1c(-c2ccc(F)cc2)oc2cc(N(CCCF)S(C)(=O)=O)c(-c3cccc(C(=O)O)c3)cc12. The van der Waals surface area contributed by atoms with Crippen LogP contribution < -0.4 is 4.31 Å². The molecule has 1 heterocycles. The summed E-state index contributed by atoms with van der Waals surface area (Å²) in [5, 5.41) is 9.90. The van der Waals surface area contributed by atoms with Crippen LogP contribution in [0.25, 0.3) is 33.4 Å². The number of rotatable bonds is 10. The first-order chi connectivity index (χ1) is 18.0. The van der Waals surface area contributed by atoms with E-state index in [9.17, 15) is 31.9 Å². The summed E-state index contributed by atoms with van der Waals surface area (Å²) in [5.74, 6) is -1.69. The maximum Gasteiger partial charge on any atom is 0.335 e. The number of nitrogens with zero attached hydrogens (tertiary/aromatic N) is 1. The van der Waals surface area contributed by atoms with E-state index >= 15 is 0 Å². The second-order valence-corrected chi connectivity index (χ2v) is 10.6. The fourth-order valence-corrected chi connectivity index (χ4v) is 5.29. The number of anilines is 1. The average Bonchev–Trinajstić information content (AvgIpc) is 3.26. The van der Waals surface area contributed by atoms with Crippen molar-refractivity contribution in [2.24, 2.45) is 0 Å². The van der Waals surface area contributed by atoms with Gasteiger partial charge in [-0.25, -0.2) is 17.6 Å². The quantitative estimate of drug-likeness (QED) is 0.236. The molecule has 0 aliphatic heterocycles. The van der Waals surface area contributed by atoms with E-state index in [0.29, 0.717) is 22.1 Å². The molecule has 0 aliphatic rings. The van der Waals surface area contributed by atoms with Crippen molar-refractivity contribution in [2.75, 3.05) is 23.8 Å². The summed E-state index contributed by atoms with van der Waals surface area (Å²) in [6.07, 6.45) is 1.06. The van der Waals surface area contributed by atoms with Gasteiger partial charge < -0.3 is 9.52 Å².